The monoisotopic (exact) mass is 211 g/mol. The van der Waals surface area contributed by atoms with Crippen LogP contribution in [0.2, 0.25) is 0 Å². The molecule has 0 aliphatic carbocycles. The van der Waals surface area contributed by atoms with E-state index in [4.69, 9.17) is 20.3 Å². The third kappa shape index (κ3) is 3.14. The first-order chi connectivity index (χ1) is 7.15. The van der Waals surface area contributed by atoms with Gasteiger partial charge in [-0.2, -0.15) is 0 Å². The van der Waals surface area contributed by atoms with E-state index in [-0.39, 0.29) is 11.3 Å². The summed E-state index contributed by atoms with van der Waals surface area (Å²) in [5.41, 5.74) is 6.09. The van der Waals surface area contributed by atoms with Gasteiger partial charge in [0.1, 0.15) is 17.9 Å². The largest absolute Gasteiger partial charge is 0.490 e. The van der Waals surface area contributed by atoms with Crippen LogP contribution in [0.5, 0.6) is 5.75 Å². The first-order valence-corrected chi connectivity index (χ1v) is 4.39. The fourth-order valence-electron chi connectivity index (χ4n) is 1.07. The van der Waals surface area contributed by atoms with E-state index in [0.717, 1.165) is 0 Å². The summed E-state index contributed by atoms with van der Waals surface area (Å²) in [4.78, 5) is 10.8. The SMILES string of the molecule is COCCOc1cc(N)ccc1C(=O)O. The highest BCUT2D eigenvalue weighted by Gasteiger charge is 2.11. The maximum Gasteiger partial charge on any atom is 0.339 e. The molecule has 1 aromatic rings. The van der Waals surface area contributed by atoms with Gasteiger partial charge < -0.3 is 20.3 Å². The minimum atomic E-state index is -1.04. The van der Waals surface area contributed by atoms with E-state index in [9.17, 15) is 4.79 Å². The van der Waals surface area contributed by atoms with E-state index in [2.05, 4.69) is 0 Å². The molecule has 0 radical (unpaired) electrons. The number of carboxylic acids is 1. The summed E-state index contributed by atoms with van der Waals surface area (Å²) in [6, 6.07) is 4.42. The van der Waals surface area contributed by atoms with Crippen molar-refractivity contribution in [2.24, 2.45) is 0 Å². The normalized spacial score (nSPS) is 9.93. The Morgan fingerprint density at radius 3 is 2.80 bits per heavy atom. The van der Waals surface area contributed by atoms with Crippen LogP contribution in [0.3, 0.4) is 0 Å². The summed E-state index contributed by atoms with van der Waals surface area (Å²) in [6.45, 7) is 0.689. The van der Waals surface area contributed by atoms with Crippen LogP contribution in [0.4, 0.5) is 5.69 Å². The van der Waals surface area contributed by atoms with Crippen molar-refractivity contribution in [2.75, 3.05) is 26.1 Å². The predicted octanol–water partition coefficient (Wildman–Crippen LogP) is 0.992. The van der Waals surface area contributed by atoms with Gasteiger partial charge in [-0.25, -0.2) is 4.79 Å². The van der Waals surface area contributed by atoms with Crippen molar-refractivity contribution < 1.29 is 19.4 Å². The Hall–Kier alpha value is -1.75. The summed E-state index contributed by atoms with van der Waals surface area (Å²) in [5, 5.41) is 8.86. The fraction of sp³-hybridized carbons (Fsp3) is 0.300. The Morgan fingerprint density at radius 1 is 1.47 bits per heavy atom. The van der Waals surface area contributed by atoms with Crippen LogP contribution in [0.1, 0.15) is 10.4 Å². The quantitative estimate of drug-likeness (QED) is 0.560. The summed E-state index contributed by atoms with van der Waals surface area (Å²) in [7, 11) is 1.54. The van der Waals surface area contributed by atoms with Gasteiger partial charge in [0, 0.05) is 18.9 Å². The Labute approximate surface area is 87.4 Å². The number of nitrogen functional groups attached to an aromatic ring is 1. The van der Waals surface area contributed by atoms with Crippen molar-refractivity contribution in [3.63, 3.8) is 0 Å². The zero-order valence-corrected chi connectivity index (χ0v) is 8.40. The molecule has 0 saturated heterocycles. The molecule has 5 heteroatoms. The van der Waals surface area contributed by atoms with E-state index >= 15 is 0 Å². The number of aromatic carboxylic acids is 1. The standard InChI is InChI=1S/C10H13NO4/c1-14-4-5-15-9-6-7(11)2-3-8(9)10(12)13/h2-3,6H,4-5,11H2,1H3,(H,12,13). The Balaban J connectivity index is 2.82. The molecular weight excluding hydrogens is 198 g/mol. The van der Waals surface area contributed by atoms with Gasteiger partial charge in [-0.3, -0.25) is 0 Å². The van der Waals surface area contributed by atoms with Crippen LogP contribution in [-0.4, -0.2) is 31.4 Å². The molecule has 0 atom stereocenters. The number of ether oxygens (including phenoxy) is 2. The van der Waals surface area contributed by atoms with E-state index in [1.165, 1.54) is 18.2 Å². The number of anilines is 1. The van der Waals surface area contributed by atoms with Crippen LogP contribution in [0, 0.1) is 0 Å². The lowest BCUT2D eigenvalue weighted by molar-refractivity contribution is 0.0689. The van der Waals surface area contributed by atoms with E-state index in [1.807, 2.05) is 0 Å². The highest BCUT2D eigenvalue weighted by atomic mass is 16.5. The van der Waals surface area contributed by atoms with Crippen molar-refractivity contribution in [3.8, 4) is 5.75 Å². The van der Waals surface area contributed by atoms with Gasteiger partial charge in [0.25, 0.3) is 0 Å². The smallest absolute Gasteiger partial charge is 0.339 e. The second-order valence-electron chi connectivity index (χ2n) is 2.90. The van der Waals surface area contributed by atoms with Crippen LogP contribution >= 0.6 is 0 Å². The summed E-state index contributed by atoms with van der Waals surface area (Å²) in [6.07, 6.45) is 0. The third-order valence-corrected chi connectivity index (χ3v) is 1.78. The molecule has 0 aliphatic rings. The topological polar surface area (TPSA) is 81.8 Å². The molecule has 0 unspecified atom stereocenters. The third-order valence-electron chi connectivity index (χ3n) is 1.78. The van der Waals surface area contributed by atoms with Gasteiger partial charge in [0.15, 0.2) is 0 Å². The fourth-order valence-corrected chi connectivity index (χ4v) is 1.07. The van der Waals surface area contributed by atoms with Crippen molar-refractivity contribution in [1.82, 2.24) is 0 Å². The maximum absolute atomic E-state index is 10.8. The molecule has 5 nitrogen and oxygen atoms in total. The lowest BCUT2D eigenvalue weighted by atomic mass is 10.2. The average molecular weight is 211 g/mol. The first kappa shape index (κ1) is 11.3. The van der Waals surface area contributed by atoms with Crippen molar-refractivity contribution in [3.05, 3.63) is 23.8 Å². The van der Waals surface area contributed by atoms with Crippen molar-refractivity contribution in [2.45, 2.75) is 0 Å². The van der Waals surface area contributed by atoms with E-state index < -0.39 is 5.97 Å². The molecule has 0 heterocycles. The van der Waals surface area contributed by atoms with Gasteiger partial charge >= 0.3 is 5.97 Å². The highest BCUT2D eigenvalue weighted by molar-refractivity contribution is 5.91. The number of carbonyl (C=O) groups is 1. The number of benzene rings is 1. The van der Waals surface area contributed by atoms with Gasteiger partial charge in [0.2, 0.25) is 0 Å². The number of carboxylic acid groups (broad SMARTS) is 1. The number of nitrogens with two attached hydrogens (primary N) is 1. The molecule has 1 rings (SSSR count). The lowest BCUT2D eigenvalue weighted by Gasteiger charge is -2.09. The molecule has 1 aromatic carbocycles. The molecule has 0 bridgehead atoms. The number of rotatable bonds is 5. The first-order valence-electron chi connectivity index (χ1n) is 4.39. The highest BCUT2D eigenvalue weighted by Crippen LogP contribution is 2.21. The van der Waals surface area contributed by atoms with Crippen LogP contribution in [0.15, 0.2) is 18.2 Å². The van der Waals surface area contributed by atoms with Crippen molar-refractivity contribution >= 4 is 11.7 Å². The summed E-state index contributed by atoms with van der Waals surface area (Å²) >= 11 is 0. The van der Waals surface area contributed by atoms with Gasteiger partial charge in [0.05, 0.1) is 6.61 Å². The Kier molecular flexibility index (Phi) is 3.93. The molecule has 3 N–H and O–H groups in total. The molecule has 0 amide bonds. The number of hydrogen-bond donors (Lipinski definition) is 2. The molecule has 15 heavy (non-hydrogen) atoms. The molecule has 0 fully saturated rings. The van der Waals surface area contributed by atoms with Crippen LogP contribution in [0.25, 0.3) is 0 Å². The second-order valence-corrected chi connectivity index (χ2v) is 2.90. The molecule has 0 aromatic heterocycles. The summed E-state index contributed by atoms with van der Waals surface area (Å²) < 4.78 is 10.0. The average Bonchev–Trinajstić information content (AvgIpc) is 2.18. The Bertz CT molecular complexity index is 351. The van der Waals surface area contributed by atoms with Gasteiger partial charge in [-0.05, 0) is 12.1 Å². The molecule has 0 saturated carbocycles. The predicted molar refractivity (Wildman–Crippen MR) is 55.2 cm³/mol. The molecule has 0 spiro atoms. The second kappa shape index (κ2) is 5.21. The summed E-state index contributed by atoms with van der Waals surface area (Å²) in [5.74, 6) is -0.776. The van der Waals surface area contributed by atoms with Gasteiger partial charge in [-0.15, -0.1) is 0 Å². The lowest BCUT2D eigenvalue weighted by Crippen LogP contribution is -2.08. The minimum absolute atomic E-state index is 0.0975. The van der Waals surface area contributed by atoms with Gasteiger partial charge in [-0.1, -0.05) is 0 Å². The number of methoxy groups -OCH3 is 1. The van der Waals surface area contributed by atoms with Crippen LogP contribution in [-0.2, 0) is 4.74 Å². The number of hydrogen-bond acceptors (Lipinski definition) is 4. The Morgan fingerprint density at radius 2 is 2.20 bits per heavy atom. The minimum Gasteiger partial charge on any atom is -0.490 e. The molecular formula is C10H13NO4. The zero-order valence-electron chi connectivity index (χ0n) is 8.40. The molecule has 0 aliphatic heterocycles. The van der Waals surface area contributed by atoms with E-state index in [1.54, 1.807) is 7.11 Å². The maximum atomic E-state index is 10.8. The molecule has 82 valence electrons. The zero-order chi connectivity index (χ0) is 11.3. The van der Waals surface area contributed by atoms with Crippen molar-refractivity contribution in [1.29, 1.82) is 0 Å². The van der Waals surface area contributed by atoms with E-state index in [0.29, 0.717) is 18.9 Å². The van der Waals surface area contributed by atoms with Crippen LogP contribution < -0.4 is 10.5 Å².